The maximum absolute atomic E-state index is 11.8. The molecule has 0 spiro atoms. The summed E-state index contributed by atoms with van der Waals surface area (Å²) in [5.74, 6) is -3.35. The van der Waals surface area contributed by atoms with Crippen molar-refractivity contribution in [3.05, 3.63) is 12.2 Å². The predicted molar refractivity (Wildman–Crippen MR) is 142 cm³/mol. The zero-order valence-electron chi connectivity index (χ0n) is 23.6. The SMILES string of the molecule is CO[C@@H]1C(CO)OC(=O)C(O)[C@H]1O.CO[C@H](C(O)CO)[C@H](O)C(O)C(=O)NNC(=O)CCCCCN1C(=O)C=CC1=O.[B]. The third kappa shape index (κ3) is 11.9. The number of rotatable bonds is 14. The number of hydrogen-bond acceptors (Lipinski definition) is 15. The number of nitrogens with one attached hydrogen (secondary N) is 2. The minimum Gasteiger partial charge on any atom is -0.455 e. The van der Waals surface area contributed by atoms with E-state index in [2.05, 4.69) is 10.2 Å². The summed E-state index contributed by atoms with van der Waals surface area (Å²) in [6, 6.07) is 0. The summed E-state index contributed by atoms with van der Waals surface area (Å²) in [6.07, 6.45) is -7.61. The van der Waals surface area contributed by atoms with E-state index in [9.17, 15) is 44.4 Å². The summed E-state index contributed by atoms with van der Waals surface area (Å²) in [7, 11) is 2.41. The van der Waals surface area contributed by atoms with Crippen molar-refractivity contribution < 1.29 is 73.9 Å². The summed E-state index contributed by atoms with van der Waals surface area (Å²) < 4.78 is 14.1. The van der Waals surface area contributed by atoms with Crippen molar-refractivity contribution in [2.24, 2.45) is 0 Å². The summed E-state index contributed by atoms with van der Waals surface area (Å²) >= 11 is 0. The molecule has 1 saturated heterocycles. The van der Waals surface area contributed by atoms with Gasteiger partial charge in [-0.15, -0.1) is 0 Å². The van der Waals surface area contributed by atoms with E-state index in [0.717, 1.165) is 12.0 Å². The van der Waals surface area contributed by atoms with Crippen molar-refractivity contribution in [3.8, 4) is 0 Å². The average molecular weight is 620 g/mol. The lowest BCUT2D eigenvalue weighted by Gasteiger charge is -2.35. The highest BCUT2D eigenvalue weighted by Gasteiger charge is 2.44. The van der Waals surface area contributed by atoms with E-state index in [1.54, 1.807) is 0 Å². The number of methoxy groups -OCH3 is 2. The topological polar surface area (TPSA) is 282 Å². The minimum absolute atomic E-state index is 0. The molecule has 0 aromatic heterocycles. The molecule has 9 N–H and O–H groups in total. The normalized spacial score (nSPS) is 24.1. The number of aliphatic hydroxyl groups is 7. The molecule has 1 fully saturated rings. The smallest absolute Gasteiger partial charge is 0.338 e. The fraction of sp³-hybridized carbons (Fsp3) is 0.708. The number of esters is 1. The Bertz CT molecular complexity index is 935. The fourth-order valence-corrected chi connectivity index (χ4v) is 3.87. The first-order chi connectivity index (χ1) is 19.8. The molecule has 0 saturated carbocycles. The summed E-state index contributed by atoms with van der Waals surface area (Å²) in [5, 5.41) is 65.2. The Balaban J connectivity index is 0.00000105. The Morgan fingerprint density at radius 1 is 1.00 bits per heavy atom. The van der Waals surface area contributed by atoms with Gasteiger partial charge in [-0.25, -0.2) is 4.79 Å². The molecule has 2 rings (SSSR count). The van der Waals surface area contributed by atoms with Crippen LogP contribution >= 0.6 is 0 Å². The molecular weight excluding hydrogens is 581 g/mol. The van der Waals surface area contributed by atoms with E-state index in [1.807, 2.05) is 5.43 Å². The number of hydrogen-bond donors (Lipinski definition) is 9. The van der Waals surface area contributed by atoms with Crippen molar-refractivity contribution in [1.82, 2.24) is 15.8 Å². The van der Waals surface area contributed by atoms with Gasteiger partial charge in [0.1, 0.15) is 30.5 Å². The van der Waals surface area contributed by atoms with Crippen LogP contribution in [0.5, 0.6) is 0 Å². The lowest BCUT2D eigenvalue weighted by atomic mass is 10.00. The zero-order chi connectivity index (χ0) is 32.0. The Kier molecular flexibility index (Phi) is 18.6. The van der Waals surface area contributed by atoms with Crippen molar-refractivity contribution in [3.63, 3.8) is 0 Å². The maximum Gasteiger partial charge on any atom is 0.338 e. The van der Waals surface area contributed by atoms with Crippen molar-refractivity contribution >= 4 is 38.0 Å². The van der Waals surface area contributed by atoms with Crippen LogP contribution in [0.25, 0.3) is 0 Å². The number of hydrazine groups is 1. The summed E-state index contributed by atoms with van der Waals surface area (Å²) in [6.45, 7) is -0.946. The van der Waals surface area contributed by atoms with E-state index >= 15 is 0 Å². The fourth-order valence-electron chi connectivity index (χ4n) is 3.87. The Morgan fingerprint density at radius 3 is 2.12 bits per heavy atom. The quantitative estimate of drug-likeness (QED) is 0.0287. The molecule has 2 aliphatic rings. The highest BCUT2D eigenvalue weighted by molar-refractivity contribution is 6.12. The van der Waals surface area contributed by atoms with E-state index in [-0.39, 0.29) is 33.2 Å². The van der Waals surface area contributed by atoms with Gasteiger partial charge in [0.15, 0.2) is 18.3 Å². The van der Waals surface area contributed by atoms with Crippen LogP contribution in [-0.2, 0) is 38.2 Å². The molecule has 0 bridgehead atoms. The molecular formula is C24H39BN3O15. The second kappa shape index (κ2) is 20.0. The van der Waals surface area contributed by atoms with E-state index < -0.39 is 79.8 Å². The molecule has 4 amide bonds. The summed E-state index contributed by atoms with van der Waals surface area (Å²) in [5.41, 5.74) is 4.02. The molecule has 19 heteroatoms. The van der Waals surface area contributed by atoms with Gasteiger partial charge >= 0.3 is 5.97 Å². The van der Waals surface area contributed by atoms with Crippen LogP contribution in [0.4, 0.5) is 0 Å². The molecule has 0 aromatic carbocycles. The van der Waals surface area contributed by atoms with Crippen LogP contribution in [-0.4, -0.2) is 161 Å². The second-order valence-electron chi connectivity index (χ2n) is 9.19. The molecule has 2 heterocycles. The maximum atomic E-state index is 11.8. The molecule has 2 aliphatic heterocycles. The molecule has 4 unspecified atom stereocenters. The van der Waals surface area contributed by atoms with Gasteiger partial charge in [0, 0.05) is 47.8 Å². The van der Waals surface area contributed by atoms with E-state index in [1.165, 1.54) is 19.3 Å². The van der Waals surface area contributed by atoms with Gasteiger partial charge in [-0.3, -0.25) is 34.9 Å². The Morgan fingerprint density at radius 2 is 1.60 bits per heavy atom. The van der Waals surface area contributed by atoms with Crippen molar-refractivity contribution in [1.29, 1.82) is 0 Å². The highest BCUT2D eigenvalue weighted by Crippen LogP contribution is 2.18. The van der Waals surface area contributed by atoms with Crippen LogP contribution in [0.1, 0.15) is 25.7 Å². The van der Waals surface area contributed by atoms with Gasteiger partial charge in [-0.05, 0) is 12.8 Å². The first kappa shape index (κ1) is 40.0. The van der Waals surface area contributed by atoms with Crippen molar-refractivity contribution in [2.45, 2.75) is 74.5 Å². The lowest BCUT2D eigenvalue weighted by molar-refractivity contribution is -0.211. The molecule has 243 valence electrons. The van der Waals surface area contributed by atoms with E-state index in [0.29, 0.717) is 19.3 Å². The third-order valence-corrected chi connectivity index (χ3v) is 6.27. The van der Waals surface area contributed by atoms with Crippen LogP contribution in [0, 0.1) is 0 Å². The van der Waals surface area contributed by atoms with Gasteiger partial charge in [0.2, 0.25) is 5.91 Å². The Hall–Kier alpha value is -3.01. The lowest BCUT2D eigenvalue weighted by Crippen LogP contribution is -2.57. The average Bonchev–Trinajstić information content (AvgIpc) is 3.30. The number of carbonyl (C=O) groups excluding carboxylic acids is 5. The molecule has 43 heavy (non-hydrogen) atoms. The number of imide groups is 1. The number of aliphatic hydroxyl groups excluding tert-OH is 7. The van der Waals surface area contributed by atoms with Crippen LogP contribution in [0.2, 0.25) is 0 Å². The van der Waals surface area contributed by atoms with Crippen LogP contribution < -0.4 is 10.9 Å². The predicted octanol–water partition coefficient (Wildman–Crippen LogP) is -6.03. The van der Waals surface area contributed by atoms with Gasteiger partial charge in [-0.1, -0.05) is 6.42 Å². The van der Waals surface area contributed by atoms with Crippen LogP contribution in [0.15, 0.2) is 12.2 Å². The first-order valence-corrected chi connectivity index (χ1v) is 12.8. The zero-order valence-corrected chi connectivity index (χ0v) is 23.6. The minimum atomic E-state index is -2.02. The number of cyclic esters (lactones) is 1. The standard InChI is InChI=1S/C17H27N3O9.C7H12O6.B/c1-29-16(10(22)9-21)14(26)15(27)17(28)19-18-11(23)5-3-2-4-8-20-12(24)6-7-13(20)25;1-12-6-3(2-8)13-7(11)5(10)4(6)9;/h6-7,10,14-16,21-22,26-27H,2-5,8-9H2,1H3,(H,18,23)(H,19,28);3-6,8-10H,2H2,1H3;/t10?,14-,15?,16-;3?,4-,5?,6-;/m11./s1. The van der Waals surface area contributed by atoms with Crippen molar-refractivity contribution in [2.75, 3.05) is 34.0 Å². The number of ether oxygens (including phenoxy) is 3. The molecule has 0 aromatic rings. The van der Waals surface area contributed by atoms with Crippen LogP contribution in [0.3, 0.4) is 0 Å². The summed E-state index contributed by atoms with van der Waals surface area (Å²) in [4.78, 5) is 58.2. The van der Waals surface area contributed by atoms with Gasteiger partial charge in [0.25, 0.3) is 17.7 Å². The van der Waals surface area contributed by atoms with Gasteiger partial charge in [-0.2, -0.15) is 0 Å². The molecule has 8 atom stereocenters. The number of nitrogens with zero attached hydrogens (tertiary/aromatic N) is 1. The molecule has 18 nitrogen and oxygen atoms in total. The second-order valence-corrected chi connectivity index (χ2v) is 9.19. The number of amides is 4. The van der Waals surface area contributed by atoms with Gasteiger partial charge < -0.3 is 50.0 Å². The third-order valence-electron chi connectivity index (χ3n) is 6.27. The Labute approximate surface area is 248 Å². The molecule has 0 aliphatic carbocycles. The molecule has 3 radical (unpaired) electrons. The first-order valence-electron chi connectivity index (χ1n) is 12.8. The van der Waals surface area contributed by atoms with E-state index in [4.69, 9.17) is 24.8 Å². The van der Waals surface area contributed by atoms with Gasteiger partial charge in [0.05, 0.1) is 13.2 Å². The number of carbonyl (C=O) groups is 5. The highest BCUT2D eigenvalue weighted by atomic mass is 16.6. The largest absolute Gasteiger partial charge is 0.455 e. The monoisotopic (exact) mass is 620 g/mol. The number of unbranched alkanes of at least 4 members (excludes halogenated alkanes) is 2.